The van der Waals surface area contributed by atoms with Gasteiger partial charge < -0.3 is 16.0 Å². The summed E-state index contributed by atoms with van der Waals surface area (Å²) in [6.07, 6.45) is 14.7. The molecule has 3 saturated carbocycles. The molecular formula is C37H59N3O5S. The van der Waals surface area contributed by atoms with E-state index in [9.17, 15) is 24.0 Å². The molecule has 0 spiro atoms. The first-order valence-electron chi connectivity index (χ1n) is 18.1. The molecule has 6 atom stereocenters. The number of carbonyl (C=O) groups is 5. The van der Waals surface area contributed by atoms with Crippen LogP contribution >= 0.6 is 11.8 Å². The van der Waals surface area contributed by atoms with Crippen molar-refractivity contribution in [3.8, 4) is 0 Å². The molecule has 3 fully saturated rings. The first kappa shape index (κ1) is 36.7. The lowest BCUT2D eigenvalue weighted by Crippen LogP contribution is -2.51. The Morgan fingerprint density at radius 1 is 0.761 bits per heavy atom. The molecule has 3 N–H and O–H groups in total. The topological polar surface area (TPSA) is 121 Å². The average Bonchev–Trinajstić information content (AvgIpc) is 3.39. The second kappa shape index (κ2) is 16.8. The van der Waals surface area contributed by atoms with Crippen LogP contribution in [-0.4, -0.2) is 55.2 Å². The van der Waals surface area contributed by atoms with Crippen LogP contribution < -0.4 is 16.0 Å². The number of hydrogen-bond donors (Lipinski definition) is 3. The minimum Gasteiger partial charge on any atom is -0.359 e. The van der Waals surface area contributed by atoms with Gasteiger partial charge in [-0.15, -0.1) is 11.8 Å². The van der Waals surface area contributed by atoms with Gasteiger partial charge in [0.2, 0.25) is 17.7 Å². The van der Waals surface area contributed by atoms with E-state index >= 15 is 0 Å². The summed E-state index contributed by atoms with van der Waals surface area (Å²) in [6, 6.07) is 0. The Hall–Kier alpha value is -2.16. The van der Waals surface area contributed by atoms with Crippen molar-refractivity contribution in [3.63, 3.8) is 0 Å². The number of ketones is 2. The standard InChI is InChI=1S/C37H59N3O5S/c1-25(41)27-15-16-28-26-13-14-30-35(31(42)18-21-37(30,3)29(26)17-20-36(27,28)2)46-24-19-34(45)40-23-10-6-8-12-33(44)39-22-9-5-7-11-32(43)38-4/h26-29H,5-24H2,1-4H3,(H,38,43)(H,39,44)(H,40,45). The monoisotopic (exact) mass is 657 g/mol. The van der Waals surface area contributed by atoms with E-state index in [4.69, 9.17) is 0 Å². The average molecular weight is 658 g/mol. The number of rotatable bonds is 17. The lowest BCUT2D eigenvalue weighted by Gasteiger charge is -2.58. The summed E-state index contributed by atoms with van der Waals surface area (Å²) < 4.78 is 0. The first-order chi connectivity index (χ1) is 22.0. The zero-order valence-corrected chi connectivity index (χ0v) is 29.7. The van der Waals surface area contributed by atoms with Crippen LogP contribution in [0.3, 0.4) is 0 Å². The van der Waals surface area contributed by atoms with Crippen molar-refractivity contribution in [1.82, 2.24) is 16.0 Å². The maximum absolute atomic E-state index is 13.2. The van der Waals surface area contributed by atoms with Gasteiger partial charge in [0.15, 0.2) is 5.78 Å². The summed E-state index contributed by atoms with van der Waals surface area (Å²) in [6.45, 7) is 7.85. The quantitative estimate of drug-likeness (QED) is 0.159. The van der Waals surface area contributed by atoms with Gasteiger partial charge in [-0.25, -0.2) is 0 Å². The third kappa shape index (κ3) is 8.65. The number of fused-ring (bicyclic) bond motifs is 5. The highest BCUT2D eigenvalue weighted by Crippen LogP contribution is 2.67. The number of unbranched alkanes of at least 4 members (excludes halogenated alkanes) is 4. The molecule has 0 heterocycles. The van der Waals surface area contributed by atoms with E-state index < -0.39 is 0 Å². The lowest BCUT2D eigenvalue weighted by molar-refractivity contribution is -0.128. The summed E-state index contributed by atoms with van der Waals surface area (Å²) in [5, 5.41) is 8.58. The first-order valence-corrected chi connectivity index (χ1v) is 19.1. The van der Waals surface area contributed by atoms with Gasteiger partial charge in [-0.05, 0) is 112 Å². The van der Waals surface area contributed by atoms with E-state index in [0.717, 1.165) is 82.0 Å². The van der Waals surface area contributed by atoms with Crippen LogP contribution in [0, 0.1) is 34.5 Å². The predicted molar refractivity (Wildman–Crippen MR) is 184 cm³/mol. The zero-order valence-electron chi connectivity index (χ0n) is 28.9. The molecule has 4 aliphatic carbocycles. The van der Waals surface area contributed by atoms with Crippen LogP contribution in [0.25, 0.3) is 0 Å². The Bertz CT molecular complexity index is 1170. The third-order valence-electron chi connectivity index (χ3n) is 12.2. The predicted octanol–water partition coefficient (Wildman–Crippen LogP) is 6.27. The summed E-state index contributed by atoms with van der Waals surface area (Å²) in [5.74, 6) is 3.47. The smallest absolute Gasteiger partial charge is 0.220 e. The molecule has 0 aromatic heterocycles. The van der Waals surface area contributed by atoms with E-state index in [1.165, 1.54) is 12.0 Å². The van der Waals surface area contributed by atoms with Crippen LogP contribution in [0.5, 0.6) is 0 Å². The minimum atomic E-state index is 0.0230. The largest absolute Gasteiger partial charge is 0.359 e. The summed E-state index contributed by atoms with van der Waals surface area (Å²) in [7, 11) is 1.64. The molecule has 0 bridgehead atoms. The molecule has 8 nitrogen and oxygen atoms in total. The minimum absolute atomic E-state index is 0.0230. The van der Waals surface area contributed by atoms with E-state index in [0.29, 0.717) is 68.1 Å². The third-order valence-corrected chi connectivity index (χ3v) is 13.4. The molecule has 0 aliphatic heterocycles. The molecule has 0 aromatic rings. The maximum Gasteiger partial charge on any atom is 0.220 e. The maximum atomic E-state index is 13.2. The number of allylic oxidation sites excluding steroid dienone is 1. The molecule has 0 radical (unpaired) electrons. The van der Waals surface area contributed by atoms with Gasteiger partial charge in [0, 0.05) is 57.5 Å². The Balaban J connectivity index is 1.14. The van der Waals surface area contributed by atoms with Crippen molar-refractivity contribution >= 4 is 41.0 Å². The molecule has 4 rings (SSSR count). The van der Waals surface area contributed by atoms with Gasteiger partial charge in [-0.1, -0.05) is 26.7 Å². The molecule has 3 amide bonds. The Labute approximate surface area is 281 Å². The Morgan fingerprint density at radius 3 is 2.07 bits per heavy atom. The van der Waals surface area contributed by atoms with Gasteiger partial charge in [0.25, 0.3) is 0 Å². The highest BCUT2D eigenvalue weighted by molar-refractivity contribution is 8.04. The summed E-state index contributed by atoms with van der Waals surface area (Å²) >= 11 is 1.61. The van der Waals surface area contributed by atoms with Crippen LogP contribution in [0.4, 0.5) is 0 Å². The van der Waals surface area contributed by atoms with Crippen molar-refractivity contribution < 1.29 is 24.0 Å². The fourth-order valence-electron chi connectivity index (χ4n) is 9.68. The molecule has 9 heteroatoms. The van der Waals surface area contributed by atoms with Crippen molar-refractivity contribution in [2.75, 3.05) is 25.9 Å². The van der Waals surface area contributed by atoms with Crippen LogP contribution in [0.2, 0.25) is 0 Å². The number of thioether (sulfide) groups is 1. The van der Waals surface area contributed by atoms with Crippen molar-refractivity contribution in [2.24, 2.45) is 34.5 Å². The van der Waals surface area contributed by atoms with Gasteiger partial charge in [0.1, 0.15) is 5.78 Å². The highest BCUT2D eigenvalue weighted by atomic mass is 32.2. The molecule has 258 valence electrons. The number of amides is 3. The van der Waals surface area contributed by atoms with E-state index in [1.807, 2.05) is 0 Å². The Morgan fingerprint density at radius 2 is 1.41 bits per heavy atom. The number of hydrogen-bond acceptors (Lipinski definition) is 6. The number of Topliss-reactive ketones (excluding diaryl/α,β-unsaturated/α-hetero) is 2. The molecular weight excluding hydrogens is 598 g/mol. The van der Waals surface area contributed by atoms with Crippen molar-refractivity contribution in [2.45, 2.75) is 130 Å². The van der Waals surface area contributed by atoms with Gasteiger partial charge in [-0.2, -0.15) is 0 Å². The van der Waals surface area contributed by atoms with E-state index in [-0.39, 0.29) is 40.3 Å². The SMILES string of the molecule is CNC(=O)CCCCCNC(=O)CCCCCNC(=O)CCSC1=C2CCC3C(CCC4(C)C(C(C)=O)CCC34)C2(C)CCC1=O. The second-order valence-corrected chi connectivity index (χ2v) is 16.0. The molecule has 4 aliphatic rings. The zero-order chi connectivity index (χ0) is 33.3. The fourth-order valence-corrected chi connectivity index (χ4v) is 10.9. The summed E-state index contributed by atoms with van der Waals surface area (Å²) in [5.41, 5.74) is 1.57. The van der Waals surface area contributed by atoms with Gasteiger partial charge in [-0.3, -0.25) is 24.0 Å². The van der Waals surface area contributed by atoms with E-state index in [1.54, 1.807) is 25.7 Å². The van der Waals surface area contributed by atoms with Crippen LogP contribution in [-0.2, 0) is 24.0 Å². The van der Waals surface area contributed by atoms with Gasteiger partial charge in [0.05, 0.1) is 4.91 Å². The van der Waals surface area contributed by atoms with Gasteiger partial charge >= 0.3 is 0 Å². The van der Waals surface area contributed by atoms with Crippen molar-refractivity contribution in [1.29, 1.82) is 0 Å². The molecule has 46 heavy (non-hydrogen) atoms. The fraction of sp³-hybridized carbons (Fsp3) is 0.811. The normalized spacial score (nSPS) is 30.2. The highest BCUT2D eigenvalue weighted by Gasteiger charge is 2.60. The van der Waals surface area contributed by atoms with E-state index in [2.05, 4.69) is 29.8 Å². The molecule has 0 aromatic carbocycles. The number of carbonyl (C=O) groups excluding carboxylic acids is 5. The number of nitrogens with one attached hydrogen (secondary N) is 3. The summed E-state index contributed by atoms with van der Waals surface area (Å²) in [4.78, 5) is 62.4. The van der Waals surface area contributed by atoms with Crippen molar-refractivity contribution in [3.05, 3.63) is 10.5 Å². The second-order valence-electron chi connectivity index (χ2n) is 14.9. The van der Waals surface area contributed by atoms with Crippen LogP contribution in [0.1, 0.15) is 130 Å². The Kier molecular flexibility index (Phi) is 13.4. The molecule has 0 saturated heterocycles. The van der Waals surface area contributed by atoms with Crippen LogP contribution in [0.15, 0.2) is 10.5 Å². The lowest BCUT2D eigenvalue weighted by atomic mass is 9.46. The molecule has 6 unspecified atom stereocenters.